The van der Waals surface area contributed by atoms with E-state index in [4.69, 9.17) is 4.74 Å². The lowest BCUT2D eigenvalue weighted by Gasteiger charge is -2.04. The van der Waals surface area contributed by atoms with Crippen LogP contribution in [0.4, 0.5) is 0 Å². The van der Waals surface area contributed by atoms with E-state index in [0.717, 1.165) is 10.1 Å². The molecule has 0 unspecified atom stereocenters. The molecule has 66 valence electrons. The van der Waals surface area contributed by atoms with Gasteiger partial charge in [-0.3, -0.25) is 0 Å². The van der Waals surface area contributed by atoms with E-state index in [9.17, 15) is 0 Å². The van der Waals surface area contributed by atoms with E-state index in [1.54, 1.807) is 6.20 Å². The molecule has 1 rings (SSSR count). The lowest BCUT2D eigenvalue weighted by molar-refractivity contribution is 0.303. The van der Waals surface area contributed by atoms with Gasteiger partial charge in [-0.1, -0.05) is 0 Å². The predicted octanol–water partition coefficient (Wildman–Crippen LogP) is 0.679. The van der Waals surface area contributed by atoms with E-state index in [0.29, 0.717) is 12.5 Å². The Morgan fingerprint density at radius 2 is 2.50 bits per heavy atom. The zero-order valence-electron chi connectivity index (χ0n) is 6.75. The molecule has 0 aliphatic carbocycles. The van der Waals surface area contributed by atoms with E-state index in [-0.39, 0.29) is 0 Å². The quantitative estimate of drug-likeness (QED) is 0.650. The van der Waals surface area contributed by atoms with Crippen LogP contribution in [0.3, 0.4) is 0 Å². The fourth-order valence-corrected chi connectivity index (χ4v) is 1.11. The molecule has 1 heterocycles. The third kappa shape index (κ3) is 2.90. The molecule has 0 aliphatic rings. The van der Waals surface area contributed by atoms with Crippen LogP contribution in [0.5, 0.6) is 5.88 Å². The van der Waals surface area contributed by atoms with Gasteiger partial charge in [0, 0.05) is 12.7 Å². The standard InChI is InChI=1S/C7H10IN3O/c1-9-2-3-12-7-6(8)4-10-5-11-7/h4-5,9H,2-3H2,1H3. The number of ether oxygens (including phenoxy) is 1. The molecule has 1 aromatic rings. The Hall–Kier alpha value is -0.430. The Labute approximate surface area is 84.9 Å². The minimum absolute atomic E-state index is 0.628. The van der Waals surface area contributed by atoms with E-state index in [2.05, 4.69) is 37.9 Å². The summed E-state index contributed by atoms with van der Waals surface area (Å²) >= 11 is 2.14. The fourth-order valence-electron chi connectivity index (χ4n) is 0.657. The maximum atomic E-state index is 5.36. The van der Waals surface area contributed by atoms with Crippen molar-refractivity contribution in [3.05, 3.63) is 16.1 Å². The van der Waals surface area contributed by atoms with Crippen molar-refractivity contribution < 1.29 is 4.74 Å². The van der Waals surface area contributed by atoms with E-state index < -0.39 is 0 Å². The normalized spacial score (nSPS) is 9.83. The summed E-state index contributed by atoms with van der Waals surface area (Å²) in [7, 11) is 1.88. The van der Waals surface area contributed by atoms with Gasteiger partial charge in [0.15, 0.2) is 0 Å². The highest BCUT2D eigenvalue weighted by molar-refractivity contribution is 14.1. The molecule has 0 atom stereocenters. The third-order valence-electron chi connectivity index (χ3n) is 1.22. The highest BCUT2D eigenvalue weighted by Gasteiger charge is 1.99. The molecule has 4 nitrogen and oxygen atoms in total. The summed E-state index contributed by atoms with van der Waals surface area (Å²) in [6.07, 6.45) is 3.21. The molecule has 1 aromatic heterocycles. The maximum Gasteiger partial charge on any atom is 0.230 e. The van der Waals surface area contributed by atoms with Crippen LogP contribution < -0.4 is 10.1 Å². The van der Waals surface area contributed by atoms with Gasteiger partial charge in [0.2, 0.25) is 5.88 Å². The second-order valence-electron chi connectivity index (χ2n) is 2.13. The summed E-state index contributed by atoms with van der Waals surface area (Å²) in [6, 6.07) is 0. The van der Waals surface area contributed by atoms with Crippen LogP contribution in [0.1, 0.15) is 0 Å². The molecule has 0 spiro atoms. The molecule has 0 saturated carbocycles. The van der Waals surface area contributed by atoms with Crippen molar-refractivity contribution >= 4 is 22.6 Å². The van der Waals surface area contributed by atoms with Crippen molar-refractivity contribution in [2.75, 3.05) is 20.2 Å². The second kappa shape index (κ2) is 5.26. The van der Waals surface area contributed by atoms with Gasteiger partial charge in [0.1, 0.15) is 12.9 Å². The fraction of sp³-hybridized carbons (Fsp3) is 0.429. The Morgan fingerprint density at radius 1 is 1.67 bits per heavy atom. The third-order valence-corrected chi connectivity index (χ3v) is 1.96. The summed E-state index contributed by atoms with van der Waals surface area (Å²) in [5.74, 6) is 0.654. The van der Waals surface area contributed by atoms with Gasteiger partial charge >= 0.3 is 0 Å². The first-order chi connectivity index (χ1) is 5.84. The largest absolute Gasteiger partial charge is 0.475 e. The first kappa shape index (κ1) is 9.66. The smallest absolute Gasteiger partial charge is 0.230 e. The molecule has 1 N–H and O–H groups in total. The van der Waals surface area contributed by atoms with Gasteiger partial charge in [-0.05, 0) is 29.6 Å². The van der Waals surface area contributed by atoms with Crippen LogP contribution in [0.15, 0.2) is 12.5 Å². The molecule has 0 aromatic carbocycles. The second-order valence-corrected chi connectivity index (χ2v) is 3.29. The number of halogens is 1. The Morgan fingerprint density at radius 3 is 3.17 bits per heavy atom. The molecule has 0 radical (unpaired) electrons. The molecule has 0 fully saturated rings. The predicted molar refractivity (Wildman–Crippen MR) is 54.2 cm³/mol. The van der Waals surface area contributed by atoms with Crippen molar-refractivity contribution in [3.63, 3.8) is 0 Å². The van der Waals surface area contributed by atoms with Gasteiger partial charge in [-0.25, -0.2) is 9.97 Å². The Balaban J connectivity index is 2.46. The molecule has 0 saturated heterocycles. The molecule has 0 bridgehead atoms. The van der Waals surface area contributed by atoms with E-state index in [1.807, 2.05) is 7.05 Å². The topological polar surface area (TPSA) is 47.0 Å². The van der Waals surface area contributed by atoms with Gasteiger partial charge < -0.3 is 10.1 Å². The number of nitrogens with one attached hydrogen (secondary N) is 1. The average Bonchev–Trinajstić information content (AvgIpc) is 2.09. The molecule has 12 heavy (non-hydrogen) atoms. The highest BCUT2D eigenvalue weighted by Crippen LogP contribution is 2.14. The number of likely N-dealkylation sites (N-methyl/N-ethyl adjacent to an activating group) is 1. The summed E-state index contributed by atoms with van der Waals surface area (Å²) in [5, 5.41) is 2.99. The van der Waals surface area contributed by atoms with Crippen molar-refractivity contribution in [1.82, 2.24) is 15.3 Å². The summed E-state index contributed by atoms with van der Waals surface area (Å²) < 4.78 is 6.29. The number of aromatic nitrogens is 2. The summed E-state index contributed by atoms with van der Waals surface area (Å²) in [6.45, 7) is 1.45. The van der Waals surface area contributed by atoms with Gasteiger partial charge in [0.25, 0.3) is 0 Å². The van der Waals surface area contributed by atoms with Crippen LogP contribution >= 0.6 is 22.6 Å². The van der Waals surface area contributed by atoms with Crippen LogP contribution in [-0.2, 0) is 0 Å². The van der Waals surface area contributed by atoms with Gasteiger partial charge in [-0.2, -0.15) is 0 Å². The molecule has 5 heteroatoms. The molecular formula is C7H10IN3O. The number of nitrogens with zero attached hydrogens (tertiary/aromatic N) is 2. The zero-order chi connectivity index (χ0) is 8.81. The monoisotopic (exact) mass is 279 g/mol. The van der Waals surface area contributed by atoms with Crippen LogP contribution in [0.2, 0.25) is 0 Å². The zero-order valence-corrected chi connectivity index (χ0v) is 8.91. The van der Waals surface area contributed by atoms with Crippen molar-refractivity contribution in [2.24, 2.45) is 0 Å². The summed E-state index contributed by atoms with van der Waals surface area (Å²) in [4.78, 5) is 7.84. The lowest BCUT2D eigenvalue weighted by Crippen LogP contribution is -2.16. The number of hydrogen-bond acceptors (Lipinski definition) is 4. The van der Waals surface area contributed by atoms with Crippen molar-refractivity contribution in [2.45, 2.75) is 0 Å². The van der Waals surface area contributed by atoms with Crippen LogP contribution in [-0.4, -0.2) is 30.2 Å². The van der Waals surface area contributed by atoms with Gasteiger partial charge in [-0.15, -0.1) is 0 Å². The van der Waals surface area contributed by atoms with Crippen molar-refractivity contribution in [1.29, 1.82) is 0 Å². The Bertz CT molecular complexity index is 244. The Kier molecular flexibility index (Phi) is 4.23. The van der Waals surface area contributed by atoms with E-state index >= 15 is 0 Å². The highest BCUT2D eigenvalue weighted by atomic mass is 127. The van der Waals surface area contributed by atoms with Crippen LogP contribution in [0.25, 0.3) is 0 Å². The maximum absolute atomic E-state index is 5.36. The molecule has 0 amide bonds. The molecular weight excluding hydrogens is 269 g/mol. The number of rotatable bonds is 4. The minimum atomic E-state index is 0.628. The average molecular weight is 279 g/mol. The SMILES string of the molecule is CNCCOc1ncncc1I. The first-order valence-corrected chi connectivity index (χ1v) is 4.65. The minimum Gasteiger partial charge on any atom is -0.475 e. The van der Waals surface area contributed by atoms with Gasteiger partial charge in [0.05, 0.1) is 3.57 Å². The molecule has 0 aliphatic heterocycles. The lowest BCUT2D eigenvalue weighted by atomic mass is 10.6. The number of hydrogen-bond donors (Lipinski definition) is 1. The van der Waals surface area contributed by atoms with E-state index in [1.165, 1.54) is 6.33 Å². The van der Waals surface area contributed by atoms with Crippen LogP contribution in [0, 0.1) is 3.57 Å². The summed E-state index contributed by atoms with van der Waals surface area (Å²) in [5.41, 5.74) is 0. The van der Waals surface area contributed by atoms with Crippen molar-refractivity contribution in [3.8, 4) is 5.88 Å². The first-order valence-electron chi connectivity index (χ1n) is 3.57.